The Bertz CT molecular complexity index is 362. The molecule has 1 rings (SSSR count). The standard InChI is InChI=1S/C10H13N3O.ClH/c11-5-4-9(13)8-3-1-2-7(6-12)10(8)14;/h1-3,9,14H,4-5,11,13H2;1H/t9-;/m0./s1. The Morgan fingerprint density at radius 2 is 2.13 bits per heavy atom. The number of para-hydroxylation sites is 1. The summed E-state index contributed by atoms with van der Waals surface area (Å²) >= 11 is 0. The number of nitriles is 1. The summed E-state index contributed by atoms with van der Waals surface area (Å²) in [6.45, 7) is 0.456. The second-order valence-electron chi connectivity index (χ2n) is 3.04. The van der Waals surface area contributed by atoms with Gasteiger partial charge in [-0.05, 0) is 19.0 Å². The molecule has 0 aliphatic carbocycles. The van der Waals surface area contributed by atoms with Crippen LogP contribution in [-0.2, 0) is 0 Å². The first-order valence-corrected chi connectivity index (χ1v) is 4.38. The minimum atomic E-state index is -0.312. The molecule has 0 saturated carbocycles. The lowest BCUT2D eigenvalue weighted by atomic mass is 10.0. The Morgan fingerprint density at radius 1 is 1.47 bits per heavy atom. The molecule has 4 nitrogen and oxygen atoms in total. The molecular formula is C10H14ClN3O. The van der Waals surface area contributed by atoms with Crippen molar-refractivity contribution in [1.82, 2.24) is 0 Å². The second kappa shape index (κ2) is 6.25. The van der Waals surface area contributed by atoms with Crippen molar-refractivity contribution in [1.29, 1.82) is 5.26 Å². The van der Waals surface area contributed by atoms with Crippen LogP contribution in [0.4, 0.5) is 0 Å². The smallest absolute Gasteiger partial charge is 0.138 e. The van der Waals surface area contributed by atoms with E-state index in [4.69, 9.17) is 16.7 Å². The van der Waals surface area contributed by atoms with Gasteiger partial charge in [0.25, 0.3) is 0 Å². The van der Waals surface area contributed by atoms with Gasteiger partial charge in [0.15, 0.2) is 0 Å². The molecule has 0 fully saturated rings. The van der Waals surface area contributed by atoms with Crippen LogP contribution in [0.2, 0.25) is 0 Å². The topological polar surface area (TPSA) is 96.1 Å². The number of phenols is 1. The second-order valence-corrected chi connectivity index (χ2v) is 3.04. The highest BCUT2D eigenvalue weighted by Gasteiger charge is 2.12. The number of hydrogen-bond acceptors (Lipinski definition) is 4. The van der Waals surface area contributed by atoms with Gasteiger partial charge in [0.2, 0.25) is 0 Å². The molecule has 5 heteroatoms. The molecule has 0 aliphatic rings. The molecule has 0 aliphatic heterocycles. The highest BCUT2D eigenvalue weighted by molar-refractivity contribution is 5.85. The Hall–Kier alpha value is -1.28. The number of benzene rings is 1. The maximum Gasteiger partial charge on any atom is 0.138 e. The molecule has 5 N–H and O–H groups in total. The number of nitrogens with two attached hydrogens (primary N) is 2. The third-order valence-corrected chi connectivity index (χ3v) is 2.06. The molecule has 0 spiro atoms. The van der Waals surface area contributed by atoms with Crippen LogP contribution in [0.5, 0.6) is 5.75 Å². The van der Waals surface area contributed by atoms with Crippen molar-refractivity contribution in [2.75, 3.05) is 6.54 Å². The van der Waals surface area contributed by atoms with Crippen LogP contribution >= 0.6 is 12.4 Å². The number of nitrogens with zero attached hydrogens (tertiary/aromatic N) is 1. The highest BCUT2D eigenvalue weighted by atomic mass is 35.5. The zero-order valence-electron chi connectivity index (χ0n) is 8.18. The number of halogens is 1. The van der Waals surface area contributed by atoms with Gasteiger partial charge < -0.3 is 16.6 Å². The van der Waals surface area contributed by atoms with Crippen LogP contribution < -0.4 is 11.5 Å². The van der Waals surface area contributed by atoms with E-state index in [-0.39, 0.29) is 29.8 Å². The van der Waals surface area contributed by atoms with Gasteiger partial charge in [-0.3, -0.25) is 0 Å². The van der Waals surface area contributed by atoms with Crippen molar-refractivity contribution in [3.05, 3.63) is 29.3 Å². The fourth-order valence-corrected chi connectivity index (χ4v) is 1.29. The Labute approximate surface area is 94.9 Å². The highest BCUT2D eigenvalue weighted by Crippen LogP contribution is 2.27. The fourth-order valence-electron chi connectivity index (χ4n) is 1.29. The summed E-state index contributed by atoms with van der Waals surface area (Å²) in [6.07, 6.45) is 0.586. The molecule has 0 radical (unpaired) electrons. The third kappa shape index (κ3) is 3.10. The molecule has 0 saturated heterocycles. The number of phenolic OH excluding ortho intramolecular Hbond substituents is 1. The van der Waals surface area contributed by atoms with Gasteiger partial charge in [-0.15, -0.1) is 12.4 Å². The summed E-state index contributed by atoms with van der Waals surface area (Å²) in [5, 5.41) is 18.3. The predicted molar refractivity (Wildman–Crippen MR) is 60.7 cm³/mol. The fraction of sp³-hybridized carbons (Fsp3) is 0.300. The first-order chi connectivity index (χ1) is 6.70. The minimum Gasteiger partial charge on any atom is -0.506 e. The monoisotopic (exact) mass is 227 g/mol. The van der Waals surface area contributed by atoms with E-state index >= 15 is 0 Å². The van der Waals surface area contributed by atoms with Crippen molar-refractivity contribution in [2.45, 2.75) is 12.5 Å². The van der Waals surface area contributed by atoms with Gasteiger partial charge in [-0.1, -0.05) is 12.1 Å². The van der Waals surface area contributed by atoms with E-state index in [1.807, 2.05) is 6.07 Å². The summed E-state index contributed by atoms with van der Waals surface area (Å²) in [5.41, 5.74) is 12.0. The van der Waals surface area contributed by atoms with Gasteiger partial charge in [0, 0.05) is 11.6 Å². The van der Waals surface area contributed by atoms with Gasteiger partial charge >= 0.3 is 0 Å². The molecule has 1 atom stereocenters. The van der Waals surface area contributed by atoms with Gasteiger partial charge in [0.1, 0.15) is 11.8 Å². The molecule has 0 heterocycles. The lowest BCUT2D eigenvalue weighted by Crippen LogP contribution is -2.15. The SMILES string of the molecule is Cl.N#Cc1cccc([C@@H](N)CCN)c1O. The van der Waals surface area contributed by atoms with E-state index < -0.39 is 0 Å². The molecule has 0 unspecified atom stereocenters. The largest absolute Gasteiger partial charge is 0.506 e. The van der Waals surface area contributed by atoms with Gasteiger partial charge in [-0.2, -0.15) is 5.26 Å². The average molecular weight is 228 g/mol. The molecule has 82 valence electrons. The average Bonchev–Trinajstić information content (AvgIpc) is 2.18. The molecular weight excluding hydrogens is 214 g/mol. The molecule has 15 heavy (non-hydrogen) atoms. The molecule has 1 aromatic carbocycles. The van der Waals surface area contributed by atoms with Crippen LogP contribution in [0, 0.1) is 11.3 Å². The van der Waals surface area contributed by atoms with E-state index in [1.54, 1.807) is 18.2 Å². The zero-order chi connectivity index (χ0) is 10.6. The predicted octanol–water partition coefficient (Wildman–Crippen LogP) is 1.03. The maximum absolute atomic E-state index is 9.64. The van der Waals surface area contributed by atoms with Crippen molar-refractivity contribution in [3.8, 4) is 11.8 Å². The number of hydrogen-bond donors (Lipinski definition) is 3. The summed E-state index contributed by atoms with van der Waals surface area (Å²) in [7, 11) is 0. The van der Waals surface area contributed by atoms with Crippen LogP contribution in [-0.4, -0.2) is 11.7 Å². The zero-order valence-corrected chi connectivity index (χ0v) is 9.00. The van der Waals surface area contributed by atoms with Crippen molar-refractivity contribution in [2.24, 2.45) is 11.5 Å². The Morgan fingerprint density at radius 3 is 2.67 bits per heavy atom. The number of aromatic hydroxyl groups is 1. The molecule has 0 amide bonds. The van der Waals surface area contributed by atoms with E-state index in [1.165, 1.54) is 0 Å². The van der Waals surface area contributed by atoms with E-state index in [0.29, 0.717) is 18.5 Å². The van der Waals surface area contributed by atoms with Gasteiger partial charge in [0.05, 0.1) is 5.56 Å². The van der Waals surface area contributed by atoms with E-state index in [0.717, 1.165) is 0 Å². The van der Waals surface area contributed by atoms with E-state index in [2.05, 4.69) is 0 Å². The van der Waals surface area contributed by atoms with Crippen molar-refractivity contribution < 1.29 is 5.11 Å². The van der Waals surface area contributed by atoms with Crippen LogP contribution in [0.15, 0.2) is 18.2 Å². The minimum absolute atomic E-state index is 0. The van der Waals surface area contributed by atoms with Crippen LogP contribution in [0.1, 0.15) is 23.6 Å². The molecule has 1 aromatic rings. The summed E-state index contributed by atoms with van der Waals surface area (Å²) in [6, 6.07) is 6.54. The van der Waals surface area contributed by atoms with Gasteiger partial charge in [-0.25, -0.2) is 0 Å². The van der Waals surface area contributed by atoms with Crippen molar-refractivity contribution in [3.63, 3.8) is 0 Å². The number of rotatable bonds is 3. The first kappa shape index (κ1) is 13.7. The summed E-state index contributed by atoms with van der Waals surface area (Å²) < 4.78 is 0. The lowest BCUT2D eigenvalue weighted by molar-refractivity contribution is 0.457. The molecule has 0 bridgehead atoms. The summed E-state index contributed by atoms with van der Waals surface area (Å²) in [4.78, 5) is 0. The van der Waals surface area contributed by atoms with Crippen LogP contribution in [0.3, 0.4) is 0 Å². The third-order valence-electron chi connectivity index (χ3n) is 2.06. The Kier molecular flexibility index (Phi) is 5.72. The maximum atomic E-state index is 9.64. The van der Waals surface area contributed by atoms with Crippen LogP contribution in [0.25, 0.3) is 0 Å². The normalized spacial score (nSPS) is 11.3. The molecule has 0 aromatic heterocycles. The summed E-state index contributed by atoms with van der Waals surface area (Å²) in [5.74, 6) is -0.0315. The first-order valence-electron chi connectivity index (χ1n) is 4.38. The van der Waals surface area contributed by atoms with E-state index in [9.17, 15) is 5.11 Å². The van der Waals surface area contributed by atoms with Crippen molar-refractivity contribution >= 4 is 12.4 Å². The Balaban J connectivity index is 0.00000196. The lowest BCUT2D eigenvalue weighted by Gasteiger charge is -2.12. The quantitative estimate of drug-likeness (QED) is 0.719.